The van der Waals surface area contributed by atoms with Crippen molar-refractivity contribution in [3.8, 4) is 5.75 Å². The highest BCUT2D eigenvalue weighted by atomic mass is 16.5. The molecule has 0 aromatic heterocycles. The fourth-order valence-electron chi connectivity index (χ4n) is 1.71. The summed E-state index contributed by atoms with van der Waals surface area (Å²) in [5.41, 5.74) is 2.57. The van der Waals surface area contributed by atoms with Crippen molar-refractivity contribution in [1.82, 2.24) is 0 Å². The Hall–Kier alpha value is -2.16. The minimum Gasteiger partial charge on any atom is -0.497 e. The smallest absolute Gasteiger partial charge is 0.118 e. The zero-order chi connectivity index (χ0) is 12.1. The number of nitrogens with zero attached hydrogens (tertiary/aromatic N) is 1. The highest BCUT2D eigenvalue weighted by molar-refractivity contribution is 5.47. The van der Waals surface area contributed by atoms with Crippen LogP contribution < -0.4 is 4.74 Å². The Morgan fingerprint density at radius 3 is 2.41 bits per heavy atom. The van der Waals surface area contributed by atoms with Gasteiger partial charge < -0.3 is 4.74 Å². The average molecular weight is 227 g/mol. The molecule has 0 saturated heterocycles. The first-order valence-corrected chi connectivity index (χ1v) is 5.37. The largest absolute Gasteiger partial charge is 0.497 e. The molecule has 0 aliphatic carbocycles. The van der Waals surface area contributed by atoms with Crippen LogP contribution in [-0.2, 0) is 6.42 Å². The molecule has 0 aliphatic rings. The Balaban J connectivity index is 2.22. The summed E-state index contributed by atoms with van der Waals surface area (Å²) in [5, 5.41) is 3.03. The maximum absolute atomic E-state index is 10.6. The van der Waals surface area contributed by atoms with Crippen LogP contribution in [0.1, 0.15) is 11.1 Å². The number of hydrogen-bond donors (Lipinski definition) is 0. The average Bonchev–Trinajstić information content (AvgIpc) is 2.40. The van der Waals surface area contributed by atoms with E-state index in [1.807, 2.05) is 42.5 Å². The van der Waals surface area contributed by atoms with Crippen LogP contribution in [0, 0.1) is 4.91 Å². The maximum Gasteiger partial charge on any atom is 0.118 e. The van der Waals surface area contributed by atoms with E-state index in [1.54, 1.807) is 13.2 Å². The van der Waals surface area contributed by atoms with Crippen molar-refractivity contribution in [3.05, 3.63) is 64.6 Å². The van der Waals surface area contributed by atoms with E-state index in [0.717, 1.165) is 16.9 Å². The summed E-state index contributed by atoms with van der Waals surface area (Å²) in [6.07, 6.45) is 0.700. The van der Waals surface area contributed by atoms with Gasteiger partial charge in [-0.2, -0.15) is 0 Å². The molecule has 0 heterocycles. The monoisotopic (exact) mass is 227 g/mol. The second kappa shape index (κ2) is 5.25. The van der Waals surface area contributed by atoms with Gasteiger partial charge in [-0.05, 0) is 40.9 Å². The fourth-order valence-corrected chi connectivity index (χ4v) is 1.71. The molecule has 0 saturated carbocycles. The number of benzene rings is 2. The molecule has 3 heteroatoms. The molecule has 0 spiro atoms. The minimum absolute atomic E-state index is 0.503. The van der Waals surface area contributed by atoms with Crippen molar-refractivity contribution in [3.63, 3.8) is 0 Å². The lowest BCUT2D eigenvalue weighted by atomic mass is 10.0. The molecule has 0 N–H and O–H groups in total. The van der Waals surface area contributed by atoms with Crippen LogP contribution in [0.25, 0.3) is 0 Å². The van der Waals surface area contributed by atoms with E-state index in [-0.39, 0.29) is 0 Å². The second-order valence-electron chi connectivity index (χ2n) is 3.74. The molecule has 0 atom stereocenters. The Morgan fingerprint density at radius 1 is 1.06 bits per heavy atom. The highest BCUT2D eigenvalue weighted by Crippen LogP contribution is 2.22. The predicted octanol–water partition coefficient (Wildman–Crippen LogP) is 3.68. The molecule has 86 valence electrons. The first-order chi connectivity index (χ1) is 8.33. The van der Waals surface area contributed by atoms with E-state index in [0.29, 0.717) is 12.1 Å². The number of methoxy groups -OCH3 is 1. The zero-order valence-corrected chi connectivity index (χ0v) is 9.59. The predicted molar refractivity (Wildman–Crippen MR) is 67.7 cm³/mol. The van der Waals surface area contributed by atoms with Gasteiger partial charge in [-0.25, -0.2) is 0 Å². The van der Waals surface area contributed by atoms with Gasteiger partial charge in [-0.1, -0.05) is 30.3 Å². The zero-order valence-electron chi connectivity index (χ0n) is 9.59. The Labute approximate surface area is 100 Å². The summed E-state index contributed by atoms with van der Waals surface area (Å²) in [7, 11) is 1.64. The lowest BCUT2D eigenvalue weighted by Crippen LogP contribution is -1.89. The molecule has 0 aliphatic heterocycles. The van der Waals surface area contributed by atoms with Crippen LogP contribution in [0.5, 0.6) is 5.75 Å². The van der Waals surface area contributed by atoms with Crippen LogP contribution in [0.15, 0.2) is 53.7 Å². The summed E-state index contributed by atoms with van der Waals surface area (Å²) >= 11 is 0. The Kier molecular flexibility index (Phi) is 3.50. The quantitative estimate of drug-likeness (QED) is 0.747. The van der Waals surface area contributed by atoms with Gasteiger partial charge in [0, 0.05) is 0 Å². The molecule has 0 radical (unpaired) electrons. The molecule has 0 amide bonds. The Bertz CT molecular complexity index is 506. The van der Waals surface area contributed by atoms with Gasteiger partial charge in [-0.15, -0.1) is 4.91 Å². The standard InChI is InChI=1S/C14H13NO2/c1-17-13-8-6-11(7-9-13)10-12-4-2-3-5-14(12)15-16/h2-9H,10H2,1H3. The number of hydrogen-bond acceptors (Lipinski definition) is 3. The van der Waals surface area contributed by atoms with Crippen molar-refractivity contribution in [1.29, 1.82) is 0 Å². The van der Waals surface area contributed by atoms with Gasteiger partial charge >= 0.3 is 0 Å². The van der Waals surface area contributed by atoms with E-state index in [4.69, 9.17) is 4.74 Å². The number of nitroso groups, excluding NO2 is 1. The van der Waals surface area contributed by atoms with E-state index < -0.39 is 0 Å². The third-order valence-electron chi connectivity index (χ3n) is 2.64. The van der Waals surface area contributed by atoms with Crippen LogP contribution in [0.3, 0.4) is 0 Å². The van der Waals surface area contributed by atoms with Crippen LogP contribution in [-0.4, -0.2) is 7.11 Å². The molecular formula is C14H13NO2. The van der Waals surface area contributed by atoms with Crippen molar-refractivity contribution in [2.45, 2.75) is 6.42 Å². The minimum atomic E-state index is 0.503. The molecule has 0 unspecified atom stereocenters. The van der Waals surface area contributed by atoms with Crippen LogP contribution in [0.4, 0.5) is 5.69 Å². The highest BCUT2D eigenvalue weighted by Gasteiger charge is 2.03. The SMILES string of the molecule is COc1ccc(Cc2ccccc2N=O)cc1. The van der Waals surface area contributed by atoms with Crippen molar-refractivity contribution < 1.29 is 4.74 Å². The third-order valence-corrected chi connectivity index (χ3v) is 2.64. The van der Waals surface area contributed by atoms with Gasteiger partial charge in [0.15, 0.2) is 0 Å². The van der Waals surface area contributed by atoms with Gasteiger partial charge in [0.1, 0.15) is 11.4 Å². The summed E-state index contributed by atoms with van der Waals surface area (Å²) in [5.74, 6) is 0.829. The van der Waals surface area contributed by atoms with Crippen LogP contribution in [0.2, 0.25) is 0 Å². The second-order valence-corrected chi connectivity index (χ2v) is 3.74. The van der Waals surface area contributed by atoms with E-state index in [2.05, 4.69) is 5.18 Å². The lowest BCUT2D eigenvalue weighted by molar-refractivity contribution is 0.414. The fraction of sp³-hybridized carbons (Fsp3) is 0.143. The first-order valence-electron chi connectivity index (χ1n) is 5.37. The molecular weight excluding hydrogens is 214 g/mol. The maximum atomic E-state index is 10.6. The van der Waals surface area contributed by atoms with Gasteiger partial charge in [0.25, 0.3) is 0 Å². The molecule has 0 bridgehead atoms. The molecule has 2 rings (SSSR count). The van der Waals surface area contributed by atoms with E-state index in [9.17, 15) is 4.91 Å². The van der Waals surface area contributed by atoms with Crippen molar-refractivity contribution in [2.24, 2.45) is 5.18 Å². The van der Waals surface area contributed by atoms with Gasteiger partial charge in [-0.3, -0.25) is 0 Å². The molecule has 2 aromatic carbocycles. The Morgan fingerprint density at radius 2 is 1.76 bits per heavy atom. The summed E-state index contributed by atoms with van der Waals surface area (Å²) in [6, 6.07) is 15.2. The summed E-state index contributed by atoms with van der Waals surface area (Å²) in [6.45, 7) is 0. The molecule has 0 fully saturated rings. The number of rotatable bonds is 4. The van der Waals surface area contributed by atoms with Crippen LogP contribution >= 0.6 is 0 Å². The van der Waals surface area contributed by atoms with Gasteiger partial charge in [0.2, 0.25) is 0 Å². The number of ether oxygens (including phenoxy) is 1. The molecule has 3 nitrogen and oxygen atoms in total. The molecule has 2 aromatic rings. The first kappa shape index (κ1) is 11.3. The normalized spacial score (nSPS) is 9.94. The topological polar surface area (TPSA) is 38.7 Å². The van der Waals surface area contributed by atoms with Gasteiger partial charge in [0.05, 0.1) is 7.11 Å². The van der Waals surface area contributed by atoms with E-state index in [1.165, 1.54) is 0 Å². The van der Waals surface area contributed by atoms with Crippen molar-refractivity contribution in [2.75, 3.05) is 7.11 Å². The summed E-state index contributed by atoms with van der Waals surface area (Å²) < 4.78 is 5.10. The molecule has 17 heavy (non-hydrogen) atoms. The van der Waals surface area contributed by atoms with Crippen molar-refractivity contribution >= 4 is 5.69 Å². The lowest BCUT2D eigenvalue weighted by Gasteiger charge is -2.05. The third kappa shape index (κ3) is 2.69. The summed E-state index contributed by atoms with van der Waals surface area (Å²) in [4.78, 5) is 10.6. The van der Waals surface area contributed by atoms with E-state index >= 15 is 0 Å².